The van der Waals surface area contributed by atoms with E-state index in [2.05, 4.69) is 41.0 Å². The van der Waals surface area contributed by atoms with Crippen molar-refractivity contribution in [2.24, 2.45) is 5.92 Å². The first-order valence-corrected chi connectivity index (χ1v) is 7.84. The van der Waals surface area contributed by atoms with Gasteiger partial charge >= 0.3 is 0 Å². The van der Waals surface area contributed by atoms with Gasteiger partial charge in [-0.1, -0.05) is 0 Å². The van der Waals surface area contributed by atoms with E-state index in [1.54, 1.807) is 0 Å². The molecule has 0 aromatic carbocycles. The molecule has 0 atom stereocenters. The largest absolute Gasteiger partial charge is 0.338 e. The lowest BCUT2D eigenvalue weighted by Crippen LogP contribution is -2.35. The smallest absolute Gasteiger partial charge is 0.225 e. The Morgan fingerprint density at radius 1 is 1.15 bits per heavy atom. The first kappa shape index (κ1) is 13.8. The molecule has 0 amide bonds. The second-order valence-electron chi connectivity index (χ2n) is 7.32. The predicted octanol–water partition coefficient (Wildman–Crippen LogP) is 2.74. The third-order valence-electron chi connectivity index (χ3n) is 3.91. The van der Waals surface area contributed by atoms with Gasteiger partial charge in [0.1, 0.15) is 0 Å². The minimum Gasteiger partial charge on any atom is -0.338 e. The molecule has 0 bridgehead atoms. The Morgan fingerprint density at radius 3 is 2.30 bits per heavy atom. The van der Waals surface area contributed by atoms with Crippen molar-refractivity contribution in [1.82, 2.24) is 15.3 Å². The topological polar surface area (TPSA) is 41.1 Å². The van der Waals surface area contributed by atoms with Crippen molar-refractivity contribution in [3.05, 3.63) is 18.0 Å². The molecule has 20 heavy (non-hydrogen) atoms. The third kappa shape index (κ3) is 3.92. The first-order chi connectivity index (χ1) is 9.51. The van der Waals surface area contributed by atoms with Gasteiger partial charge in [-0.25, -0.2) is 9.97 Å². The standard InChI is InChI=1S/C16H26N4/c1-16(2,3)19-10-13-8-17-15(18-9-13)20(14-6-7-14)11-12-4-5-12/h8-9,12,14,19H,4-7,10-11H2,1-3H3. The van der Waals surface area contributed by atoms with Crippen molar-refractivity contribution in [3.63, 3.8) is 0 Å². The molecule has 2 saturated carbocycles. The van der Waals surface area contributed by atoms with Crippen LogP contribution in [0.1, 0.15) is 52.0 Å². The van der Waals surface area contributed by atoms with E-state index in [9.17, 15) is 0 Å². The van der Waals surface area contributed by atoms with E-state index in [0.29, 0.717) is 6.04 Å². The van der Waals surface area contributed by atoms with Crippen LogP contribution in [-0.2, 0) is 6.54 Å². The Kier molecular flexibility index (Phi) is 3.67. The Hall–Kier alpha value is -1.16. The number of aromatic nitrogens is 2. The van der Waals surface area contributed by atoms with Crippen LogP contribution >= 0.6 is 0 Å². The molecular weight excluding hydrogens is 248 g/mol. The van der Waals surface area contributed by atoms with E-state index in [0.717, 1.165) is 30.5 Å². The van der Waals surface area contributed by atoms with E-state index in [1.807, 2.05) is 12.4 Å². The molecule has 2 aliphatic carbocycles. The van der Waals surface area contributed by atoms with Gasteiger partial charge in [0.2, 0.25) is 5.95 Å². The highest BCUT2D eigenvalue weighted by atomic mass is 15.3. The molecule has 2 aliphatic rings. The SMILES string of the molecule is CC(C)(C)NCc1cnc(N(CC2CC2)C2CC2)nc1. The van der Waals surface area contributed by atoms with Gasteiger partial charge in [0, 0.05) is 42.6 Å². The van der Waals surface area contributed by atoms with Crippen molar-refractivity contribution in [3.8, 4) is 0 Å². The third-order valence-corrected chi connectivity index (χ3v) is 3.91. The maximum Gasteiger partial charge on any atom is 0.225 e. The summed E-state index contributed by atoms with van der Waals surface area (Å²) in [5.74, 6) is 1.82. The maximum atomic E-state index is 4.60. The maximum absolute atomic E-state index is 4.60. The molecule has 1 aromatic rings. The lowest BCUT2D eigenvalue weighted by molar-refractivity contribution is 0.423. The summed E-state index contributed by atoms with van der Waals surface area (Å²) in [7, 11) is 0. The van der Waals surface area contributed by atoms with Gasteiger partial charge in [0.25, 0.3) is 0 Å². The lowest BCUT2D eigenvalue weighted by Gasteiger charge is -2.23. The van der Waals surface area contributed by atoms with Crippen molar-refractivity contribution in [2.75, 3.05) is 11.4 Å². The summed E-state index contributed by atoms with van der Waals surface area (Å²) in [6, 6.07) is 0.703. The predicted molar refractivity (Wildman–Crippen MR) is 81.7 cm³/mol. The fraction of sp³-hybridized carbons (Fsp3) is 0.750. The molecule has 0 unspecified atom stereocenters. The summed E-state index contributed by atoms with van der Waals surface area (Å²) in [6.07, 6.45) is 9.34. The number of rotatable bonds is 6. The Bertz CT molecular complexity index is 441. The van der Waals surface area contributed by atoms with E-state index in [-0.39, 0.29) is 5.54 Å². The van der Waals surface area contributed by atoms with Gasteiger partial charge in [-0.15, -0.1) is 0 Å². The fourth-order valence-electron chi connectivity index (χ4n) is 2.31. The normalized spacial score (nSPS) is 19.1. The van der Waals surface area contributed by atoms with Crippen molar-refractivity contribution < 1.29 is 0 Å². The molecule has 4 heteroatoms. The quantitative estimate of drug-likeness (QED) is 0.866. The molecule has 0 aliphatic heterocycles. The van der Waals surface area contributed by atoms with Crippen LogP contribution in [0.25, 0.3) is 0 Å². The highest BCUT2D eigenvalue weighted by Crippen LogP contribution is 2.36. The summed E-state index contributed by atoms with van der Waals surface area (Å²) in [6.45, 7) is 8.51. The molecule has 0 radical (unpaired) electrons. The van der Waals surface area contributed by atoms with E-state index in [1.165, 1.54) is 25.7 Å². The number of anilines is 1. The van der Waals surface area contributed by atoms with Crippen LogP contribution in [0.4, 0.5) is 5.95 Å². The zero-order chi connectivity index (χ0) is 14.2. The van der Waals surface area contributed by atoms with Crippen molar-refractivity contribution in [1.29, 1.82) is 0 Å². The summed E-state index contributed by atoms with van der Waals surface area (Å²) in [5, 5.41) is 3.47. The molecule has 4 nitrogen and oxygen atoms in total. The average Bonchev–Trinajstić information content (AvgIpc) is 3.26. The van der Waals surface area contributed by atoms with E-state index >= 15 is 0 Å². The zero-order valence-electron chi connectivity index (χ0n) is 12.9. The van der Waals surface area contributed by atoms with Gasteiger partial charge in [-0.05, 0) is 52.4 Å². The van der Waals surface area contributed by atoms with E-state index in [4.69, 9.17) is 0 Å². The van der Waals surface area contributed by atoms with Crippen LogP contribution in [0.15, 0.2) is 12.4 Å². The molecule has 1 N–H and O–H groups in total. The Labute approximate surface area is 122 Å². The summed E-state index contributed by atoms with van der Waals surface area (Å²) < 4.78 is 0. The van der Waals surface area contributed by atoms with Crippen LogP contribution in [0.5, 0.6) is 0 Å². The van der Waals surface area contributed by atoms with Crippen molar-refractivity contribution >= 4 is 5.95 Å². The molecule has 0 spiro atoms. The molecule has 1 aromatic heterocycles. The number of nitrogens with zero attached hydrogens (tertiary/aromatic N) is 3. The monoisotopic (exact) mass is 274 g/mol. The highest BCUT2D eigenvalue weighted by Gasteiger charge is 2.35. The molecule has 110 valence electrons. The molecule has 2 fully saturated rings. The van der Waals surface area contributed by atoms with Gasteiger partial charge in [-0.3, -0.25) is 0 Å². The van der Waals surface area contributed by atoms with Crippen molar-refractivity contribution in [2.45, 2.75) is 64.6 Å². The van der Waals surface area contributed by atoms with Gasteiger partial charge < -0.3 is 10.2 Å². The van der Waals surface area contributed by atoms with E-state index < -0.39 is 0 Å². The molecular formula is C16H26N4. The summed E-state index contributed by atoms with van der Waals surface area (Å²) in [5.41, 5.74) is 1.29. The van der Waals surface area contributed by atoms with Crippen LogP contribution in [-0.4, -0.2) is 28.1 Å². The van der Waals surface area contributed by atoms with Gasteiger partial charge in [0.05, 0.1) is 0 Å². The van der Waals surface area contributed by atoms with Crippen LogP contribution in [0.3, 0.4) is 0 Å². The second-order valence-corrected chi connectivity index (χ2v) is 7.32. The van der Waals surface area contributed by atoms with Crippen LogP contribution in [0.2, 0.25) is 0 Å². The molecule has 1 heterocycles. The number of hydrogen-bond acceptors (Lipinski definition) is 4. The minimum absolute atomic E-state index is 0.130. The second kappa shape index (κ2) is 5.32. The lowest BCUT2D eigenvalue weighted by atomic mass is 10.1. The van der Waals surface area contributed by atoms with Crippen LogP contribution in [0, 0.1) is 5.92 Å². The molecule has 0 saturated heterocycles. The van der Waals surface area contributed by atoms with Gasteiger partial charge in [-0.2, -0.15) is 0 Å². The summed E-state index contributed by atoms with van der Waals surface area (Å²) >= 11 is 0. The number of hydrogen-bond donors (Lipinski definition) is 1. The highest BCUT2D eigenvalue weighted by molar-refractivity contribution is 5.34. The molecule has 3 rings (SSSR count). The Morgan fingerprint density at radius 2 is 1.80 bits per heavy atom. The minimum atomic E-state index is 0.130. The van der Waals surface area contributed by atoms with Gasteiger partial charge in [0.15, 0.2) is 0 Å². The van der Waals surface area contributed by atoms with Crippen LogP contribution < -0.4 is 10.2 Å². The Balaban J connectivity index is 1.61. The summed E-state index contributed by atoms with van der Waals surface area (Å²) in [4.78, 5) is 11.6. The first-order valence-electron chi connectivity index (χ1n) is 7.84. The number of nitrogens with one attached hydrogen (secondary N) is 1. The average molecular weight is 274 g/mol. The zero-order valence-corrected chi connectivity index (χ0v) is 12.9. The fourth-order valence-corrected chi connectivity index (χ4v) is 2.31.